The van der Waals surface area contributed by atoms with Gasteiger partial charge in [0.15, 0.2) is 11.5 Å². The normalized spacial score (nSPS) is 11.8. The van der Waals surface area contributed by atoms with Crippen molar-refractivity contribution in [1.82, 2.24) is 0 Å². The first-order chi connectivity index (χ1) is 10.3. The first-order valence-corrected chi connectivity index (χ1v) is 10.0. The number of ether oxygens (including phenoxy) is 3. The molecule has 5 nitrogen and oxygen atoms in total. The van der Waals surface area contributed by atoms with Gasteiger partial charge >= 0.3 is 5.97 Å². The van der Waals surface area contributed by atoms with Gasteiger partial charge in [0.25, 0.3) is 0 Å². The lowest BCUT2D eigenvalue weighted by molar-refractivity contribution is -0.138. The number of hydrogen-bond acceptors (Lipinski definition) is 5. The van der Waals surface area contributed by atoms with Gasteiger partial charge in [-0.3, -0.25) is 4.74 Å². The number of methoxy groups -OCH3 is 2. The summed E-state index contributed by atoms with van der Waals surface area (Å²) in [5, 5.41) is 0. The van der Waals surface area contributed by atoms with E-state index in [1.807, 2.05) is 26.1 Å². The molecule has 0 aliphatic rings. The topological polar surface area (TPSA) is 57.1 Å². The molecule has 22 heavy (non-hydrogen) atoms. The van der Waals surface area contributed by atoms with E-state index in [1.54, 1.807) is 39.4 Å². The van der Waals surface area contributed by atoms with Gasteiger partial charge in [0.2, 0.25) is 0 Å². The third-order valence-corrected chi connectivity index (χ3v) is 3.42. The summed E-state index contributed by atoms with van der Waals surface area (Å²) in [6.45, 7) is 8.20. The van der Waals surface area contributed by atoms with Crippen LogP contribution in [0.25, 0.3) is 6.08 Å². The zero-order valence-electron chi connectivity index (χ0n) is 14.0. The van der Waals surface area contributed by atoms with Crippen molar-refractivity contribution < 1.29 is 19.0 Å². The SMILES string of the molecule is CCOC(=O)/C(=C/c1ccc(OC)c(OC)c1)N=P(C)(C)C. The van der Waals surface area contributed by atoms with Crippen molar-refractivity contribution in [2.24, 2.45) is 4.74 Å². The molecule has 0 atom stereocenters. The standard InChI is InChI=1S/C16H24NO4P/c1-7-21-16(18)13(17-22(4,5)6)10-12-8-9-14(19-2)15(11-12)20-3/h8-11H,7H2,1-6H3/b13-10-. The molecule has 0 unspecified atom stereocenters. The summed E-state index contributed by atoms with van der Waals surface area (Å²) in [5.74, 6) is 0.829. The van der Waals surface area contributed by atoms with Crippen LogP contribution in [0.5, 0.6) is 11.5 Å². The van der Waals surface area contributed by atoms with Crippen LogP contribution < -0.4 is 9.47 Å². The fourth-order valence-corrected chi connectivity index (χ4v) is 2.54. The third-order valence-electron chi connectivity index (χ3n) is 2.60. The first-order valence-electron chi connectivity index (χ1n) is 6.96. The minimum atomic E-state index is -1.52. The van der Waals surface area contributed by atoms with E-state index in [-0.39, 0.29) is 0 Å². The summed E-state index contributed by atoms with van der Waals surface area (Å²) in [6, 6.07) is 5.44. The number of esters is 1. The van der Waals surface area contributed by atoms with E-state index in [0.29, 0.717) is 23.8 Å². The molecule has 0 aliphatic heterocycles. The molecule has 0 saturated heterocycles. The van der Waals surface area contributed by atoms with Crippen molar-refractivity contribution in [3.63, 3.8) is 0 Å². The maximum absolute atomic E-state index is 12.1. The van der Waals surface area contributed by atoms with Crippen LogP contribution in [0.4, 0.5) is 0 Å². The summed E-state index contributed by atoms with van der Waals surface area (Å²) in [4.78, 5) is 12.1. The largest absolute Gasteiger partial charge is 0.493 e. The van der Waals surface area contributed by atoms with Gasteiger partial charge < -0.3 is 14.2 Å². The van der Waals surface area contributed by atoms with Crippen LogP contribution in [0.1, 0.15) is 12.5 Å². The number of rotatable bonds is 6. The molecule has 0 fully saturated rings. The fraction of sp³-hybridized carbons (Fsp3) is 0.438. The molecule has 0 saturated carbocycles. The van der Waals surface area contributed by atoms with Gasteiger partial charge in [0.1, 0.15) is 5.70 Å². The molecular weight excluding hydrogens is 301 g/mol. The van der Waals surface area contributed by atoms with Crippen molar-refractivity contribution in [2.45, 2.75) is 6.92 Å². The summed E-state index contributed by atoms with van der Waals surface area (Å²) < 4.78 is 20.1. The van der Waals surface area contributed by atoms with Crippen molar-refractivity contribution in [2.75, 3.05) is 40.8 Å². The highest BCUT2D eigenvalue weighted by Crippen LogP contribution is 2.38. The van der Waals surface area contributed by atoms with Gasteiger partial charge in [-0.2, -0.15) is 0 Å². The Bertz CT molecular complexity index is 608. The maximum atomic E-state index is 12.1. The molecule has 6 heteroatoms. The molecule has 0 aromatic heterocycles. The minimum absolute atomic E-state index is 0.320. The van der Waals surface area contributed by atoms with Crippen LogP contribution in [-0.2, 0) is 9.53 Å². The molecule has 1 rings (SSSR count). The van der Waals surface area contributed by atoms with Gasteiger partial charge in [-0.25, -0.2) is 4.79 Å². The average molecular weight is 325 g/mol. The van der Waals surface area contributed by atoms with Crippen molar-refractivity contribution in [3.05, 3.63) is 29.5 Å². The van der Waals surface area contributed by atoms with E-state index >= 15 is 0 Å². The zero-order chi connectivity index (χ0) is 16.8. The highest BCUT2D eigenvalue weighted by atomic mass is 31.2. The third kappa shape index (κ3) is 5.57. The molecule has 0 heterocycles. The van der Waals surface area contributed by atoms with Crippen LogP contribution in [0.2, 0.25) is 0 Å². The minimum Gasteiger partial charge on any atom is -0.493 e. The van der Waals surface area contributed by atoms with Crippen LogP contribution in [0.15, 0.2) is 28.6 Å². The second-order valence-electron chi connectivity index (χ2n) is 5.41. The Morgan fingerprint density at radius 1 is 1.18 bits per heavy atom. The molecule has 1 aromatic carbocycles. The van der Waals surface area contributed by atoms with Crippen LogP contribution in [0.3, 0.4) is 0 Å². The Hall–Kier alpha value is -1.74. The second-order valence-corrected chi connectivity index (χ2v) is 9.49. The fourth-order valence-electron chi connectivity index (χ4n) is 1.76. The lowest BCUT2D eigenvalue weighted by Crippen LogP contribution is -2.06. The van der Waals surface area contributed by atoms with Gasteiger partial charge in [-0.05, 0) is 57.7 Å². The molecular formula is C16H24NO4P. The molecule has 0 amide bonds. The lowest BCUT2D eigenvalue weighted by Gasteiger charge is -2.10. The zero-order valence-corrected chi connectivity index (χ0v) is 14.9. The predicted molar refractivity (Wildman–Crippen MR) is 91.3 cm³/mol. The summed E-state index contributed by atoms with van der Waals surface area (Å²) >= 11 is 0. The highest BCUT2D eigenvalue weighted by molar-refractivity contribution is 7.64. The second kappa shape index (κ2) is 8.04. The number of carbonyl (C=O) groups excluding carboxylic acids is 1. The Labute approximate surface area is 132 Å². The highest BCUT2D eigenvalue weighted by Gasteiger charge is 2.12. The Balaban J connectivity index is 3.30. The van der Waals surface area contributed by atoms with E-state index in [1.165, 1.54) is 0 Å². The van der Waals surface area contributed by atoms with E-state index in [0.717, 1.165) is 5.56 Å². The monoisotopic (exact) mass is 325 g/mol. The molecule has 0 N–H and O–H groups in total. The number of hydrogen-bond donors (Lipinski definition) is 0. The Kier molecular flexibility index (Phi) is 6.69. The maximum Gasteiger partial charge on any atom is 0.356 e. The summed E-state index contributed by atoms with van der Waals surface area (Å²) in [5.41, 5.74) is 1.13. The predicted octanol–water partition coefficient (Wildman–Crippen LogP) is 3.70. The van der Waals surface area contributed by atoms with E-state index in [9.17, 15) is 4.79 Å². The molecule has 0 bridgehead atoms. The molecule has 0 aliphatic carbocycles. The van der Waals surface area contributed by atoms with Crippen LogP contribution >= 0.6 is 7.05 Å². The average Bonchev–Trinajstić information content (AvgIpc) is 2.45. The Morgan fingerprint density at radius 2 is 1.82 bits per heavy atom. The lowest BCUT2D eigenvalue weighted by atomic mass is 10.1. The quantitative estimate of drug-likeness (QED) is 0.455. The van der Waals surface area contributed by atoms with Crippen LogP contribution in [0, 0.1) is 0 Å². The van der Waals surface area contributed by atoms with Gasteiger partial charge in [0.05, 0.1) is 20.8 Å². The van der Waals surface area contributed by atoms with Gasteiger partial charge in [-0.15, -0.1) is 0 Å². The number of carbonyl (C=O) groups is 1. The van der Waals surface area contributed by atoms with Gasteiger partial charge in [-0.1, -0.05) is 6.07 Å². The Morgan fingerprint density at radius 3 is 2.32 bits per heavy atom. The molecule has 1 aromatic rings. The first kappa shape index (κ1) is 18.3. The van der Waals surface area contributed by atoms with E-state index < -0.39 is 13.0 Å². The van der Waals surface area contributed by atoms with Crippen molar-refractivity contribution in [1.29, 1.82) is 0 Å². The molecule has 0 spiro atoms. The van der Waals surface area contributed by atoms with Gasteiger partial charge in [0, 0.05) is 0 Å². The van der Waals surface area contributed by atoms with Crippen molar-refractivity contribution >= 4 is 19.1 Å². The molecule has 0 radical (unpaired) electrons. The van der Waals surface area contributed by atoms with Crippen molar-refractivity contribution in [3.8, 4) is 11.5 Å². The number of benzene rings is 1. The smallest absolute Gasteiger partial charge is 0.356 e. The van der Waals surface area contributed by atoms with Crippen LogP contribution in [-0.4, -0.2) is 46.8 Å². The molecule has 122 valence electrons. The number of nitrogens with zero attached hydrogens (tertiary/aromatic N) is 1. The summed E-state index contributed by atoms with van der Waals surface area (Å²) in [6.07, 6.45) is 1.71. The van der Waals surface area contributed by atoms with E-state index in [2.05, 4.69) is 4.74 Å². The summed E-state index contributed by atoms with van der Waals surface area (Å²) in [7, 11) is 1.63. The van der Waals surface area contributed by atoms with E-state index in [4.69, 9.17) is 14.2 Å².